The van der Waals surface area contributed by atoms with Crippen molar-refractivity contribution < 1.29 is 14.3 Å². The van der Waals surface area contributed by atoms with Gasteiger partial charge in [-0.3, -0.25) is 25.2 Å². The minimum Gasteiger partial charge on any atom is -0.495 e. The monoisotopic (exact) mass is 400 g/mol. The van der Waals surface area contributed by atoms with Gasteiger partial charge in [-0.2, -0.15) is 5.10 Å². The molecule has 0 fully saturated rings. The fraction of sp³-hybridized carbons (Fsp3) is 0.158. The SMILES string of the molecule is COc1ccc(CCC(=O)NNC(=O)c2n[nH]c(=O)c3ccccc23)cc1Cl. The third kappa shape index (κ3) is 4.29. The number of methoxy groups -OCH3 is 1. The van der Waals surface area contributed by atoms with Gasteiger partial charge >= 0.3 is 0 Å². The predicted octanol–water partition coefficient (Wildman–Crippen LogP) is 1.98. The number of hydrogen-bond donors (Lipinski definition) is 3. The summed E-state index contributed by atoms with van der Waals surface area (Å²) in [6.07, 6.45) is 0.577. The number of benzene rings is 2. The Morgan fingerprint density at radius 3 is 2.61 bits per heavy atom. The van der Waals surface area contributed by atoms with E-state index in [2.05, 4.69) is 21.0 Å². The quantitative estimate of drug-likeness (QED) is 0.567. The smallest absolute Gasteiger partial charge is 0.290 e. The lowest BCUT2D eigenvalue weighted by atomic mass is 10.1. The highest BCUT2D eigenvalue weighted by Crippen LogP contribution is 2.25. The maximum Gasteiger partial charge on any atom is 0.290 e. The van der Waals surface area contributed by atoms with Crippen LogP contribution in [0, 0.1) is 0 Å². The molecule has 1 heterocycles. The number of carbonyl (C=O) groups is 2. The molecule has 0 spiro atoms. The van der Waals surface area contributed by atoms with Crippen molar-refractivity contribution in [3.05, 3.63) is 69.1 Å². The van der Waals surface area contributed by atoms with E-state index in [1.165, 1.54) is 7.11 Å². The van der Waals surface area contributed by atoms with Crippen LogP contribution in [0.25, 0.3) is 10.8 Å². The Labute approximate surface area is 164 Å². The van der Waals surface area contributed by atoms with E-state index < -0.39 is 11.5 Å². The number of aromatic nitrogens is 2. The van der Waals surface area contributed by atoms with E-state index in [-0.39, 0.29) is 18.0 Å². The molecule has 0 aliphatic heterocycles. The van der Waals surface area contributed by atoms with Crippen molar-refractivity contribution >= 4 is 34.2 Å². The summed E-state index contributed by atoms with van der Waals surface area (Å²) in [5, 5.41) is 7.24. The Hall–Kier alpha value is -3.39. The summed E-state index contributed by atoms with van der Waals surface area (Å²) in [5.74, 6) is -0.454. The lowest BCUT2D eigenvalue weighted by Crippen LogP contribution is -2.42. The molecule has 3 aromatic rings. The van der Waals surface area contributed by atoms with Gasteiger partial charge in [-0.15, -0.1) is 0 Å². The summed E-state index contributed by atoms with van der Waals surface area (Å²) < 4.78 is 5.08. The van der Waals surface area contributed by atoms with Gasteiger partial charge in [-0.05, 0) is 30.2 Å². The van der Waals surface area contributed by atoms with Crippen molar-refractivity contribution in [3.63, 3.8) is 0 Å². The summed E-state index contributed by atoms with van der Waals surface area (Å²) in [7, 11) is 1.53. The Morgan fingerprint density at radius 2 is 1.89 bits per heavy atom. The van der Waals surface area contributed by atoms with Crippen LogP contribution in [0.3, 0.4) is 0 Å². The van der Waals surface area contributed by atoms with Crippen molar-refractivity contribution in [1.82, 2.24) is 21.0 Å². The van der Waals surface area contributed by atoms with E-state index in [9.17, 15) is 14.4 Å². The number of hydrogen-bond acceptors (Lipinski definition) is 5. The summed E-state index contributed by atoms with van der Waals surface area (Å²) in [6, 6.07) is 11.8. The number of halogens is 1. The molecule has 0 atom stereocenters. The second kappa shape index (κ2) is 8.53. The molecule has 3 N–H and O–H groups in total. The third-order valence-electron chi connectivity index (χ3n) is 4.08. The molecule has 0 saturated heterocycles. The number of aryl methyl sites for hydroxylation is 1. The second-order valence-electron chi connectivity index (χ2n) is 5.92. The highest BCUT2D eigenvalue weighted by molar-refractivity contribution is 6.32. The van der Waals surface area contributed by atoms with Gasteiger partial charge in [-0.1, -0.05) is 35.9 Å². The van der Waals surface area contributed by atoms with E-state index in [4.69, 9.17) is 16.3 Å². The van der Waals surface area contributed by atoms with Gasteiger partial charge in [0, 0.05) is 11.8 Å². The van der Waals surface area contributed by atoms with Crippen molar-refractivity contribution in [1.29, 1.82) is 0 Å². The molecule has 1 aromatic heterocycles. The molecule has 0 radical (unpaired) electrons. The Morgan fingerprint density at radius 1 is 1.14 bits per heavy atom. The van der Waals surface area contributed by atoms with Crippen LogP contribution in [0.15, 0.2) is 47.3 Å². The van der Waals surface area contributed by atoms with Gasteiger partial charge in [0.2, 0.25) is 5.91 Å². The van der Waals surface area contributed by atoms with Crippen LogP contribution in [0.1, 0.15) is 22.5 Å². The molecule has 0 bridgehead atoms. The minimum atomic E-state index is -0.631. The van der Waals surface area contributed by atoms with Crippen molar-refractivity contribution in [2.45, 2.75) is 12.8 Å². The zero-order valence-electron chi connectivity index (χ0n) is 14.9. The van der Waals surface area contributed by atoms with Gasteiger partial charge in [0.05, 0.1) is 17.5 Å². The molecule has 2 amide bonds. The first-order chi connectivity index (χ1) is 13.5. The zero-order chi connectivity index (χ0) is 20.1. The summed E-state index contributed by atoms with van der Waals surface area (Å²) in [6.45, 7) is 0. The normalized spacial score (nSPS) is 10.5. The first-order valence-corrected chi connectivity index (χ1v) is 8.76. The average molecular weight is 401 g/mol. The largest absolute Gasteiger partial charge is 0.495 e. The number of hydrazine groups is 1. The standard InChI is InChI=1S/C19H17ClN4O4/c1-28-15-8-6-11(10-14(15)20)7-9-16(25)21-24-19(27)17-12-4-2-3-5-13(12)18(26)23-22-17/h2-6,8,10H,7,9H2,1H3,(H,21,25)(H,23,26)(H,24,27). The molecule has 144 valence electrons. The van der Waals surface area contributed by atoms with Gasteiger partial charge in [0.15, 0.2) is 5.69 Å². The first kappa shape index (κ1) is 19.4. The molecule has 8 nitrogen and oxygen atoms in total. The zero-order valence-corrected chi connectivity index (χ0v) is 15.7. The summed E-state index contributed by atoms with van der Waals surface area (Å²) in [4.78, 5) is 36.1. The molecule has 0 unspecified atom stereocenters. The molecule has 2 aromatic carbocycles. The number of fused-ring (bicyclic) bond motifs is 1. The highest BCUT2D eigenvalue weighted by Gasteiger charge is 2.14. The number of ether oxygens (including phenoxy) is 1. The Kier molecular flexibility index (Phi) is 5.90. The van der Waals surface area contributed by atoms with Gasteiger partial charge in [0.1, 0.15) is 5.75 Å². The number of amides is 2. The third-order valence-corrected chi connectivity index (χ3v) is 4.38. The van der Waals surface area contributed by atoms with Gasteiger partial charge < -0.3 is 4.74 Å². The van der Waals surface area contributed by atoms with Gasteiger partial charge in [-0.25, -0.2) is 5.10 Å². The summed E-state index contributed by atoms with van der Waals surface area (Å²) >= 11 is 6.06. The van der Waals surface area contributed by atoms with Crippen LogP contribution in [-0.4, -0.2) is 29.1 Å². The fourth-order valence-electron chi connectivity index (χ4n) is 2.66. The number of aromatic amines is 1. The van der Waals surface area contributed by atoms with Crippen LogP contribution in [0.2, 0.25) is 5.02 Å². The second-order valence-corrected chi connectivity index (χ2v) is 6.33. The molecule has 3 rings (SSSR count). The maximum absolute atomic E-state index is 12.3. The molecular formula is C19H17ClN4O4. The predicted molar refractivity (Wildman–Crippen MR) is 104 cm³/mol. The van der Waals surface area contributed by atoms with Crippen LogP contribution >= 0.6 is 11.6 Å². The van der Waals surface area contributed by atoms with Crippen LogP contribution in [0.5, 0.6) is 5.75 Å². The van der Waals surface area contributed by atoms with E-state index >= 15 is 0 Å². The summed E-state index contributed by atoms with van der Waals surface area (Å²) in [5.41, 5.74) is 5.13. The molecule has 9 heteroatoms. The Balaban J connectivity index is 1.59. The number of nitrogens with one attached hydrogen (secondary N) is 3. The molecular weight excluding hydrogens is 384 g/mol. The Bertz CT molecular complexity index is 1100. The van der Waals surface area contributed by atoms with E-state index in [1.54, 1.807) is 36.4 Å². The van der Waals surface area contributed by atoms with Crippen LogP contribution < -0.4 is 21.1 Å². The fourth-order valence-corrected chi connectivity index (χ4v) is 2.94. The van der Waals surface area contributed by atoms with E-state index in [0.717, 1.165) is 5.56 Å². The number of rotatable bonds is 5. The van der Waals surface area contributed by atoms with Gasteiger partial charge in [0.25, 0.3) is 11.5 Å². The number of nitrogens with zero attached hydrogens (tertiary/aromatic N) is 1. The molecule has 28 heavy (non-hydrogen) atoms. The minimum absolute atomic E-state index is 0.0115. The van der Waals surface area contributed by atoms with Crippen LogP contribution in [-0.2, 0) is 11.2 Å². The molecule has 0 aliphatic rings. The first-order valence-electron chi connectivity index (χ1n) is 8.38. The van der Waals surface area contributed by atoms with Crippen LogP contribution in [0.4, 0.5) is 0 Å². The number of carbonyl (C=O) groups excluding carboxylic acids is 2. The van der Waals surface area contributed by atoms with E-state index in [0.29, 0.717) is 28.0 Å². The highest BCUT2D eigenvalue weighted by atomic mass is 35.5. The van der Waals surface area contributed by atoms with Crippen molar-refractivity contribution in [2.24, 2.45) is 0 Å². The van der Waals surface area contributed by atoms with E-state index in [1.807, 2.05) is 6.07 Å². The lowest BCUT2D eigenvalue weighted by molar-refractivity contribution is -0.121. The lowest BCUT2D eigenvalue weighted by Gasteiger charge is -2.09. The topological polar surface area (TPSA) is 113 Å². The van der Waals surface area contributed by atoms with Crippen molar-refractivity contribution in [3.8, 4) is 5.75 Å². The van der Waals surface area contributed by atoms with Crippen molar-refractivity contribution in [2.75, 3.05) is 7.11 Å². The maximum atomic E-state index is 12.3. The average Bonchev–Trinajstić information content (AvgIpc) is 2.71. The molecule has 0 saturated carbocycles. The number of H-pyrrole nitrogens is 1. The molecule has 0 aliphatic carbocycles.